The molecular formula is H24N13Na11O26. The van der Waals surface area contributed by atoms with E-state index in [1.165, 1.54) is 69.4 Å². The Hall–Kier alpha value is 3.20. The molecule has 0 saturated carbocycles. The van der Waals surface area contributed by atoms with Crippen molar-refractivity contribution >= 4 is 325 Å². The normalized spacial score (nSPS) is 3.12. The van der Waals surface area contributed by atoms with E-state index in [1.807, 2.05) is 0 Å². The maximum atomic E-state index is 8.11. The van der Waals surface area contributed by atoms with Crippen molar-refractivity contribution < 1.29 is 67.7 Å². The molecule has 0 bridgehead atoms. The minimum atomic E-state index is 0. The summed E-state index contributed by atoms with van der Waals surface area (Å²) in [5.74, 6) is 0. The average molecular weight is 875 g/mol. The zero-order valence-electron chi connectivity index (χ0n) is 16.9. The van der Waals surface area contributed by atoms with Crippen molar-refractivity contribution in [2.75, 3.05) is 0 Å². The van der Waals surface area contributed by atoms with Crippen molar-refractivity contribution in [1.82, 2.24) is 0 Å². The van der Waals surface area contributed by atoms with E-state index >= 15 is 0 Å². The van der Waals surface area contributed by atoms with Gasteiger partial charge in [0.2, 0.25) is 0 Å². The quantitative estimate of drug-likeness (QED) is 0.0614. The van der Waals surface area contributed by atoms with Crippen LogP contribution in [0.5, 0.6) is 0 Å². The third-order valence-corrected chi connectivity index (χ3v) is 0. The third kappa shape index (κ3) is 12600. The molecule has 0 amide bonds. The van der Waals surface area contributed by atoms with Crippen LogP contribution in [0.25, 0.3) is 0 Å². The Morgan fingerprint density at radius 1 is 0.140 bits per heavy atom. The summed E-state index contributed by atoms with van der Waals surface area (Å²) >= 11 is 0. The molecule has 0 aromatic carbocycles. The van der Waals surface area contributed by atoms with Gasteiger partial charge < -0.3 is 67.7 Å². The molecule has 0 heterocycles. The Bertz CT molecular complexity index is 316. The molecule has 0 aliphatic carbocycles. The monoisotopic (exact) mass is 875 g/mol. The first kappa shape index (κ1) is 170. The Morgan fingerprint density at radius 3 is 0.140 bits per heavy atom. The first-order valence-electron chi connectivity index (χ1n) is 4.97. The standard InChI is InChI=1S/13HNO2.11Na.11H/c13*2-1-3;;;;;;;;;;;;;;;;;;;;;;/h13*(H,2,3);;;;;;;;;;;;;;;;;;;;;;. The van der Waals surface area contributed by atoms with Crippen LogP contribution in [0, 0.1) is 63.8 Å². The molecule has 0 rings (SSSR count). The minimum absolute atomic E-state index is 0. The number of hydrogen-bond donors (Lipinski definition) is 13. The summed E-state index contributed by atoms with van der Waals surface area (Å²) in [7, 11) is 0. The van der Waals surface area contributed by atoms with Gasteiger partial charge in [-0.2, -0.15) is 0 Å². The third-order valence-electron chi connectivity index (χ3n) is 0. The molecule has 39 nitrogen and oxygen atoms in total. The van der Waals surface area contributed by atoms with E-state index in [-0.39, 0.29) is 325 Å². The molecule has 0 radical (unpaired) electrons. The van der Waals surface area contributed by atoms with Gasteiger partial charge in [-0.1, -0.05) is 0 Å². The van der Waals surface area contributed by atoms with E-state index in [0.29, 0.717) is 0 Å². The Kier molecular flexibility index (Phi) is 1770. The molecule has 50 heavy (non-hydrogen) atoms. The van der Waals surface area contributed by atoms with Gasteiger partial charge in [-0.15, -0.1) is 63.8 Å². The van der Waals surface area contributed by atoms with Crippen LogP contribution in [0.3, 0.4) is 0 Å². The first-order valence-corrected chi connectivity index (χ1v) is 4.97. The molecule has 0 fully saturated rings. The zero-order valence-corrected chi connectivity index (χ0v) is 16.9. The maximum absolute atomic E-state index is 8.11. The van der Waals surface area contributed by atoms with E-state index in [9.17, 15) is 0 Å². The van der Waals surface area contributed by atoms with Crippen molar-refractivity contribution in [2.45, 2.75) is 0 Å². The predicted octanol–water partition coefficient (Wildman–Crippen LogP) is -5.29. The molecule has 0 aliphatic heterocycles. The van der Waals surface area contributed by atoms with Crippen molar-refractivity contribution in [3.8, 4) is 0 Å². The van der Waals surface area contributed by atoms with Gasteiger partial charge in [0.1, 0.15) is 0 Å². The van der Waals surface area contributed by atoms with Gasteiger partial charge in [-0.05, 0) is 0 Å². The fraction of sp³-hybridized carbons (Fsp3) is 0. The predicted molar refractivity (Wildman–Crippen MR) is 177 cm³/mol. The van der Waals surface area contributed by atoms with Crippen LogP contribution < -0.4 is 0 Å². The molecule has 0 spiro atoms. The second-order valence-electron chi connectivity index (χ2n) is 1.06. The summed E-state index contributed by atoms with van der Waals surface area (Å²) in [6.07, 6.45) is 0. The van der Waals surface area contributed by atoms with Crippen molar-refractivity contribution in [1.29, 1.82) is 0 Å². The molecular weight excluding hydrogens is 851 g/mol. The van der Waals surface area contributed by atoms with Crippen LogP contribution in [0.15, 0.2) is 69.4 Å². The molecule has 0 unspecified atom stereocenters. The topological polar surface area (TPSA) is 646 Å². The van der Waals surface area contributed by atoms with Gasteiger partial charge >= 0.3 is 325 Å². The van der Waals surface area contributed by atoms with Crippen LogP contribution in [-0.2, 0) is 0 Å². The van der Waals surface area contributed by atoms with Gasteiger partial charge in [0.15, 0.2) is 69.4 Å². The Labute approximate surface area is 515 Å². The summed E-state index contributed by atoms with van der Waals surface area (Å²) < 4.78 is 0. The van der Waals surface area contributed by atoms with Crippen LogP contribution >= 0.6 is 0 Å². The molecule has 13 N–H and O–H groups in total. The van der Waals surface area contributed by atoms with E-state index in [2.05, 4.69) is 0 Å². The molecule has 0 saturated heterocycles. The number of nitrogens with zero attached hydrogens (tertiary/aromatic N) is 13. The average Bonchev–Trinajstić information content (AvgIpc) is 2.81. The summed E-state index contributed by atoms with van der Waals surface area (Å²) in [6.45, 7) is 0. The first-order chi connectivity index (χ1) is 18.4. The molecule has 0 aliphatic rings. The summed E-state index contributed by atoms with van der Waals surface area (Å²) in [6, 6.07) is 0. The number of hydrogen-bond acceptors (Lipinski definition) is 26. The van der Waals surface area contributed by atoms with Gasteiger partial charge in [-0.25, -0.2) is 0 Å². The molecule has 256 valence electrons. The van der Waals surface area contributed by atoms with E-state index in [4.69, 9.17) is 131 Å². The van der Waals surface area contributed by atoms with E-state index < -0.39 is 0 Å². The fourth-order valence-corrected chi connectivity index (χ4v) is 0. The van der Waals surface area contributed by atoms with Gasteiger partial charge in [0, 0.05) is 0 Å². The van der Waals surface area contributed by atoms with Crippen LogP contribution in [0.2, 0.25) is 0 Å². The van der Waals surface area contributed by atoms with E-state index in [1.54, 1.807) is 0 Å². The Balaban J connectivity index is -0.00000000654. The van der Waals surface area contributed by atoms with Crippen LogP contribution in [-0.4, -0.2) is 393 Å². The summed E-state index contributed by atoms with van der Waals surface area (Å²) in [5, 5.41) is 103. The molecule has 0 aromatic rings. The molecule has 50 heteroatoms. The van der Waals surface area contributed by atoms with Crippen molar-refractivity contribution in [3.63, 3.8) is 0 Å². The number of rotatable bonds is 0. The fourth-order valence-electron chi connectivity index (χ4n) is 0. The SMILES string of the molecule is O=NO.O=NO.O=NO.O=NO.O=NO.O=NO.O=NO.O=NO.O=NO.O=NO.O=NO.O=NO.O=NO.[NaH].[NaH].[NaH].[NaH].[NaH].[NaH].[NaH].[NaH].[NaH].[NaH].[NaH]. The zero-order chi connectivity index (χ0) is 35.2. The van der Waals surface area contributed by atoms with Crippen molar-refractivity contribution in [2.24, 2.45) is 69.4 Å². The van der Waals surface area contributed by atoms with Gasteiger partial charge in [0.25, 0.3) is 0 Å². The van der Waals surface area contributed by atoms with Crippen LogP contribution in [0.4, 0.5) is 0 Å². The van der Waals surface area contributed by atoms with E-state index in [0.717, 1.165) is 0 Å². The second-order valence-corrected chi connectivity index (χ2v) is 1.06. The van der Waals surface area contributed by atoms with Gasteiger partial charge in [0.05, 0.1) is 0 Å². The Morgan fingerprint density at radius 2 is 0.140 bits per heavy atom. The second kappa shape index (κ2) is 521. The summed E-state index contributed by atoms with van der Waals surface area (Å²) in [4.78, 5) is 105. The molecule has 0 aromatic heterocycles. The van der Waals surface area contributed by atoms with Gasteiger partial charge in [-0.3, -0.25) is 0 Å². The summed E-state index contributed by atoms with van der Waals surface area (Å²) in [5.41, 5.74) is 0. The molecule has 0 atom stereocenters. The van der Waals surface area contributed by atoms with Crippen molar-refractivity contribution in [3.05, 3.63) is 63.8 Å². The van der Waals surface area contributed by atoms with Crippen LogP contribution in [0.1, 0.15) is 0 Å².